The second-order valence-corrected chi connectivity index (χ2v) is 15.5. The molecule has 0 bridgehead atoms. The van der Waals surface area contributed by atoms with Crippen LogP contribution in [0.3, 0.4) is 0 Å². The number of rotatable bonds is 8. The summed E-state index contributed by atoms with van der Waals surface area (Å²) in [5, 5.41) is 0. The minimum atomic E-state index is -6.40. The molecule has 2 rings (SSSR count). The van der Waals surface area contributed by atoms with Crippen LogP contribution in [0.1, 0.15) is 27.7 Å². The van der Waals surface area contributed by atoms with Crippen molar-refractivity contribution in [2.24, 2.45) is 0 Å². The minimum absolute atomic E-state index is 0.200. The molecule has 0 saturated heterocycles. The van der Waals surface area contributed by atoms with Crippen molar-refractivity contribution in [1.29, 1.82) is 0 Å². The van der Waals surface area contributed by atoms with Crippen LogP contribution in [0.25, 0.3) is 0 Å². The van der Waals surface area contributed by atoms with Crippen molar-refractivity contribution in [3.63, 3.8) is 0 Å². The maximum atomic E-state index is 16.1. The van der Waals surface area contributed by atoms with Crippen LogP contribution < -0.4 is 28.5 Å². The van der Waals surface area contributed by atoms with Crippen LogP contribution >= 0.6 is 0 Å². The van der Waals surface area contributed by atoms with Crippen molar-refractivity contribution in [1.82, 2.24) is 0 Å². The van der Waals surface area contributed by atoms with Crippen LogP contribution in [0.15, 0.2) is 48.5 Å². The Kier molecular flexibility index (Phi) is 7.11. The summed E-state index contributed by atoms with van der Waals surface area (Å²) in [7, 11) is -6.26. The molecule has 0 heterocycles. The molecule has 164 valence electrons. The summed E-state index contributed by atoms with van der Waals surface area (Å²) in [6, 6.07) is 9.29. The Labute approximate surface area is 173 Å². The third kappa shape index (κ3) is 4.97. The van der Waals surface area contributed by atoms with Crippen LogP contribution in [0.4, 0.5) is 11.6 Å². The first-order chi connectivity index (χ1) is 13.3. The SMILES string of the molecule is CC(C)Oc1ccc([I-](F)(c2ccc(OC(C)C)cc2)C(F)(F)S(=O)(=O)[O-])cc1. The summed E-state index contributed by atoms with van der Waals surface area (Å²) < 4.78 is 84.2. The molecule has 0 saturated carbocycles. The van der Waals surface area contributed by atoms with Gasteiger partial charge in [-0.3, -0.25) is 0 Å². The van der Waals surface area contributed by atoms with E-state index in [-0.39, 0.29) is 12.2 Å². The van der Waals surface area contributed by atoms with Gasteiger partial charge in [-0.05, 0) is 0 Å². The van der Waals surface area contributed by atoms with Gasteiger partial charge < -0.3 is 0 Å². The predicted octanol–water partition coefficient (Wildman–Crippen LogP) is 1.44. The van der Waals surface area contributed by atoms with Gasteiger partial charge in [0.15, 0.2) is 0 Å². The maximum absolute atomic E-state index is 16.1. The normalized spacial score (nSPS) is 13.6. The van der Waals surface area contributed by atoms with Gasteiger partial charge in [-0.25, -0.2) is 0 Å². The molecular formula is C19H22F3IO5S-2. The van der Waals surface area contributed by atoms with Gasteiger partial charge in [-0.2, -0.15) is 0 Å². The molecule has 0 aromatic heterocycles. The Morgan fingerprint density at radius 3 is 1.38 bits per heavy atom. The molecule has 0 aliphatic rings. The first-order valence-electron chi connectivity index (χ1n) is 8.62. The molecule has 29 heavy (non-hydrogen) atoms. The number of alkyl halides is 3. The van der Waals surface area contributed by atoms with Gasteiger partial charge in [0.25, 0.3) is 0 Å². The van der Waals surface area contributed by atoms with E-state index in [1.54, 1.807) is 27.7 Å². The Morgan fingerprint density at radius 1 is 0.828 bits per heavy atom. The molecule has 2 aromatic carbocycles. The van der Waals surface area contributed by atoms with E-state index < -0.39 is 39.5 Å². The van der Waals surface area contributed by atoms with E-state index in [0.717, 1.165) is 24.3 Å². The van der Waals surface area contributed by atoms with Crippen molar-refractivity contribution in [3.8, 4) is 11.5 Å². The van der Waals surface area contributed by atoms with Crippen LogP contribution in [0, 0.1) is 7.14 Å². The fraction of sp³-hybridized carbons (Fsp3) is 0.368. The van der Waals surface area contributed by atoms with Crippen LogP contribution in [0.5, 0.6) is 11.5 Å². The van der Waals surface area contributed by atoms with Crippen molar-refractivity contribution in [2.45, 2.75) is 43.2 Å². The van der Waals surface area contributed by atoms with Gasteiger partial charge in [-0.15, -0.1) is 0 Å². The van der Waals surface area contributed by atoms with Crippen molar-refractivity contribution in [3.05, 3.63) is 55.7 Å². The van der Waals surface area contributed by atoms with E-state index in [4.69, 9.17) is 9.47 Å². The summed E-state index contributed by atoms with van der Waals surface area (Å²) in [6.07, 6.45) is -0.400. The second kappa shape index (κ2) is 8.68. The fourth-order valence-electron chi connectivity index (χ4n) is 2.43. The predicted molar refractivity (Wildman–Crippen MR) is 97.6 cm³/mol. The molecule has 2 aromatic rings. The molecule has 0 aliphatic heterocycles. The van der Waals surface area contributed by atoms with Gasteiger partial charge in [0.05, 0.1) is 0 Å². The molecule has 0 unspecified atom stereocenters. The zero-order valence-electron chi connectivity index (χ0n) is 16.2. The number of hydrogen-bond acceptors (Lipinski definition) is 5. The van der Waals surface area contributed by atoms with E-state index in [1.165, 1.54) is 24.3 Å². The summed E-state index contributed by atoms with van der Waals surface area (Å²) in [5.41, 5.74) is 0. The van der Waals surface area contributed by atoms with E-state index in [9.17, 15) is 21.8 Å². The summed E-state index contributed by atoms with van der Waals surface area (Å²) >= 11 is -6.40. The second-order valence-electron chi connectivity index (χ2n) is 6.64. The van der Waals surface area contributed by atoms with E-state index in [0.29, 0.717) is 11.5 Å². The van der Waals surface area contributed by atoms with Gasteiger partial charge in [0.2, 0.25) is 0 Å². The molecule has 0 amide bonds. The average molecular weight is 546 g/mol. The van der Waals surface area contributed by atoms with Crippen LogP contribution in [-0.4, -0.2) is 28.4 Å². The zero-order chi connectivity index (χ0) is 22.0. The molecule has 0 fully saturated rings. The van der Waals surface area contributed by atoms with E-state index in [2.05, 4.69) is 0 Å². The Balaban J connectivity index is 2.61. The fourth-order valence-corrected chi connectivity index (χ4v) is 11.0. The molecule has 10 heteroatoms. The average Bonchev–Trinajstić information content (AvgIpc) is 2.60. The number of ether oxygens (including phenoxy) is 2. The summed E-state index contributed by atoms with van der Waals surface area (Å²) in [6.45, 7) is 7.01. The standard InChI is InChI=1S/C19H23F3IO5S/c1-13(2)27-17-9-5-15(6-10-17)23(22,19(20,21)29(24,25)26)16-7-11-18(12-8-16)28-14(3)4/h5-14H,1-4H3,(H,24,25,26)/q-1/p-1. The van der Waals surface area contributed by atoms with Gasteiger partial charge in [-0.1, -0.05) is 0 Å². The van der Waals surface area contributed by atoms with Crippen molar-refractivity contribution < 1.29 is 53.1 Å². The number of benzene rings is 2. The quantitative estimate of drug-likeness (QED) is 0.285. The molecule has 0 atom stereocenters. The Morgan fingerprint density at radius 2 is 1.14 bits per heavy atom. The molecule has 0 N–H and O–H groups in total. The van der Waals surface area contributed by atoms with Gasteiger partial charge in [0.1, 0.15) is 0 Å². The summed E-state index contributed by atoms with van der Waals surface area (Å²) in [4.78, 5) is 0. The molecule has 0 spiro atoms. The zero-order valence-corrected chi connectivity index (χ0v) is 19.2. The van der Waals surface area contributed by atoms with E-state index >= 15 is 2.86 Å². The van der Waals surface area contributed by atoms with Crippen molar-refractivity contribution in [2.75, 3.05) is 0 Å². The Hall–Kier alpha value is -1.53. The van der Waals surface area contributed by atoms with Crippen LogP contribution in [0.2, 0.25) is 0 Å². The molecule has 0 aliphatic carbocycles. The van der Waals surface area contributed by atoms with Gasteiger partial charge >= 0.3 is 174 Å². The van der Waals surface area contributed by atoms with Crippen molar-refractivity contribution >= 4 is 10.1 Å². The summed E-state index contributed by atoms with van der Waals surface area (Å²) in [5.74, 6) is 0.613. The van der Waals surface area contributed by atoms with Crippen LogP contribution in [-0.2, 0) is 10.1 Å². The topological polar surface area (TPSA) is 75.7 Å². The number of halogens is 4. The molecule has 5 nitrogen and oxygen atoms in total. The Bertz CT molecular complexity index is 876. The first kappa shape index (κ1) is 23.7. The third-order valence-electron chi connectivity index (χ3n) is 3.56. The van der Waals surface area contributed by atoms with E-state index in [1.807, 2.05) is 0 Å². The monoisotopic (exact) mass is 546 g/mol. The van der Waals surface area contributed by atoms with Gasteiger partial charge in [0, 0.05) is 0 Å². The number of hydrogen-bond donors (Lipinski definition) is 0. The third-order valence-corrected chi connectivity index (χ3v) is 13.8. The molecular weight excluding hydrogens is 524 g/mol. The molecule has 0 radical (unpaired) electrons. The first-order valence-corrected chi connectivity index (χ1v) is 14.1.